The molecule has 0 amide bonds. The van der Waals surface area contributed by atoms with Gasteiger partial charge in [0.2, 0.25) is 10.0 Å². The van der Waals surface area contributed by atoms with Crippen molar-refractivity contribution in [3.05, 3.63) is 53.1 Å². The number of hydrogen-bond donors (Lipinski definition) is 0. The standard InChI is InChI=1S/C21H27N3O3S/c1-27-15-21-22-11-10-20(23-21)18-7-4-12-24(14-18)28(25,26)19-9-8-16-5-2-3-6-17(16)13-19/h8-11,13,18H,2-7,12,14-15H2,1H3. The fourth-order valence-corrected chi connectivity index (χ4v) is 5.84. The van der Waals surface area contributed by atoms with Crippen LogP contribution in [0.4, 0.5) is 0 Å². The van der Waals surface area contributed by atoms with Crippen molar-refractivity contribution in [1.29, 1.82) is 0 Å². The Bertz CT molecular complexity index is 946. The Morgan fingerprint density at radius 2 is 1.96 bits per heavy atom. The molecular formula is C21H27N3O3S. The third kappa shape index (κ3) is 3.97. The van der Waals surface area contributed by atoms with E-state index in [1.54, 1.807) is 23.7 Å². The molecule has 1 fully saturated rings. The predicted octanol–water partition coefficient (Wildman–Crippen LogP) is 3.07. The van der Waals surface area contributed by atoms with Gasteiger partial charge in [0.25, 0.3) is 0 Å². The highest BCUT2D eigenvalue weighted by Crippen LogP contribution is 2.31. The van der Waals surface area contributed by atoms with Crippen LogP contribution in [0.15, 0.2) is 35.4 Å². The van der Waals surface area contributed by atoms with Crippen molar-refractivity contribution in [2.45, 2.75) is 55.9 Å². The van der Waals surface area contributed by atoms with Crippen molar-refractivity contribution in [1.82, 2.24) is 14.3 Å². The average Bonchev–Trinajstić information content (AvgIpc) is 2.74. The Balaban J connectivity index is 1.56. The van der Waals surface area contributed by atoms with Gasteiger partial charge in [0.15, 0.2) is 5.82 Å². The number of piperidine rings is 1. The van der Waals surface area contributed by atoms with Gasteiger partial charge in [-0.15, -0.1) is 0 Å². The molecule has 7 heteroatoms. The van der Waals surface area contributed by atoms with Crippen LogP contribution in [0.1, 0.15) is 54.2 Å². The number of benzene rings is 1. The Kier molecular flexibility index (Phi) is 5.75. The number of sulfonamides is 1. The molecule has 0 N–H and O–H groups in total. The van der Waals surface area contributed by atoms with Crippen molar-refractivity contribution in [2.24, 2.45) is 0 Å². The zero-order chi connectivity index (χ0) is 19.6. The zero-order valence-electron chi connectivity index (χ0n) is 16.3. The summed E-state index contributed by atoms with van der Waals surface area (Å²) in [5.74, 6) is 0.717. The molecule has 6 nitrogen and oxygen atoms in total. The van der Waals surface area contributed by atoms with Gasteiger partial charge in [0.05, 0.1) is 4.90 Å². The zero-order valence-corrected chi connectivity index (χ0v) is 17.1. The SMILES string of the molecule is COCc1nccc(C2CCCN(S(=O)(=O)c3ccc4c(c3)CCCC4)C2)n1. The van der Waals surface area contributed by atoms with E-state index in [0.29, 0.717) is 30.4 Å². The fourth-order valence-electron chi connectivity index (χ4n) is 4.26. The molecule has 0 radical (unpaired) electrons. The van der Waals surface area contributed by atoms with E-state index in [1.807, 2.05) is 18.2 Å². The predicted molar refractivity (Wildman–Crippen MR) is 107 cm³/mol. The lowest BCUT2D eigenvalue weighted by Gasteiger charge is -2.32. The minimum Gasteiger partial charge on any atom is -0.377 e. The highest BCUT2D eigenvalue weighted by atomic mass is 32.2. The molecule has 1 saturated heterocycles. The minimum atomic E-state index is -3.49. The Morgan fingerprint density at radius 1 is 1.14 bits per heavy atom. The smallest absolute Gasteiger partial charge is 0.243 e. The van der Waals surface area contributed by atoms with Gasteiger partial charge in [-0.2, -0.15) is 4.31 Å². The number of aryl methyl sites for hydroxylation is 2. The molecule has 1 aromatic heterocycles. The number of nitrogens with zero attached hydrogens (tertiary/aromatic N) is 3. The maximum atomic E-state index is 13.3. The molecule has 1 aliphatic heterocycles. The summed E-state index contributed by atoms with van der Waals surface area (Å²) in [5, 5.41) is 0. The van der Waals surface area contributed by atoms with Gasteiger partial charge in [-0.3, -0.25) is 0 Å². The summed E-state index contributed by atoms with van der Waals surface area (Å²) in [6.07, 6.45) is 7.85. The summed E-state index contributed by atoms with van der Waals surface area (Å²) in [7, 11) is -1.88. The van der Waals surface area contributed by atoms with Crippen LogP contribution in [0.5, 0.6) is 0 Å². The molecule has 0 saturated carbocycles. The van der Waals surface area contributed by atoms with Gasteiger partial charge in [-0.05, 0) is 67.9 Å². The number of hydrogen-bond acceptors (Lipinski definition) is 5. The van der Waals surface area contributed by atoms with E-state index in [1.165, 1.54) is 17.5 Å². The van der Waals surface area contributed by atoms with Crippen LogP contribution >= 0.6 is 0 Å². The largest absolute Gasteiger partial charge is 0.377 e. The van der Waals surface area contributed by atoms with Crippen molar-refractivity contribution in [3.63, 3.8) is 0 Å². The number of fused-ring (bicyclic) bond motifs is 1. The first-order valence-corrected chi connectivity index (χ1v) is 11.4. The summed E-state index contributed by atoms with van der Waals surface area (Å²) >= 11 is 0. The normalized spacial score (nSPS) is 20.7. The highest BCUT2D eigenvalue weighted by Gasteiger charge is 2.32. The molecule has 1 aliphatic carbocycles. The molecule has 0 bridgehead atoms. The van der Waals surface area contributed by atoms with Crippen molar-refractivity contribution in [2.75, 3.05) is 20.2 Å². The van der Waals surface area contributed by atoms with Crippen molar-refractivity contribution in [3.8, 4) is 0 Å². The third-order valence-electron chi connectivity index (χ3n) is 5.76. The molecule has 150 valence electrons. The third-order valence-corrected chi connectivity index (χ3v) is 7.62. The lowest BCUT2D eigenvalue weighted by molar-refractivity contribution is 0.177. The highest BCUT2D eigenvalue weighted by molar-refractivity contribution is 7.89. The number of rotatable bonds is 5. The van der Waals surface area contributed by atoms with Gasteiger partial charge < -0.3 is 4.74 Å². The topological polar surface area (TPSA) is 72.4 Å². The lowest BCUT2D eigenvalue weighted by Crippen LogP contribution is -2.39. The molecule has 0 spiro atoms. The van der Waals surface area contributed by atoms with Gasteiger partial charge in [-0.25, -0.2) is 18.4 Å². The van der Waals surface area contributed by atoms with Crippen LogP contribution in [0, 0.1) is 0 Å². The van der Waals surface area contributed by atoms with E-state index in [2.05, 4.69) is 9.97 Å². The van der Waals surface area contributed by atoms with E-state index >= 15 is 0 Å². The maximum absolute atomic E-state index is 13.3. The number of aromatic nitrogens is 2. The summed E-state index contributed by atoms with van der Waals surface area (Å²) in [5.41, 5.74) is 3.39. The summed E-state index contributed by atoms with van der Waals surface area (Å²) < 4.78 is 33.3. The minimum absolute atomic E-state index is 0.0831. The van der Waals surface area contributed by atoms with E-state index in [4.69, 9.17) is 4.74 Å². The maximum Gasteiger partial charge on any atom is 0.243 e. The molecule has 1 unspecified atom stereocenters. The van der Waals surface area contributed by atoms with Gasteiger partial charge in [0, 0.05) is 38.0 Å². The molecule has 4 rings (SSSR count). The first-order valence-electron chi connectivity index (χ1n) is 10.0. The molecule has 1 atom stereocenters. The van der Waals surface area contributed by atoms with Crippen molar-refractivity contribution >= 4 is 10.0 Å². The Labute approximate surface area is 167 Å². The van der Waals surface area contributed by atoms with Gasteiger partial charge in [-0.1, -0.05) is 6.07 Å². The number of ether oxygens (including phenoxy) is 1. The van der Waals surface area contributed by atoms with E-state index in [-0.39, 0.29) is 5.92 Å². The van der Waals surface area contributed by atoms with Crippen LogP contribution in [0.2, 0.25) is 0 Å². The molecule has 28 heavy (non-hydrogen) atoms. The second-order valence-electron chi connectivity index (χ2n) is 7.67. The van der Waals surface area contributed by atoms with Crippen LogP contribution in [0.3, 0.4) is 0 Å². The molecule has 2 aromatic rings. The first kappa shape index (κ1) is 19.5. The van der Waals surface area contributed by atoms with Crippen LogP contribution in [0.25, 0.3) is 0 Å². The van der Waals surface area contributed by atoms with Crippen LogP contribution < -0.4 is 0 Å². The second kappa shape index (κ2) is 8.27. The van der Waals surface area contributed by atoms with E-state index in [0.717, 1.165) is 37.8 Å². The quantitative estimate of drug-likeness (QED) is 0.770. The van der Waals surface area contributed by atoms with Crippen molar-refractivity contribution < 1.29 is 13.2 Å². The molecule has 1 aromatic carbocycles. The Hall–Kier alpha value is -1.83. The van der Waals surface area contributed by atoms with Crippen LogP contribution in [-0.4, -0.2) is 42.9 Å². The lowest BCUT2D eigenvalue weighted by atomic mass is 9.92. The van der Waals surface area contributed by atoms with E-state index in [9.17, 15) is 8.42 Å². The number of methoxy groups -OCH3 is 1. The first-order chi connectivity index (χ1) is 13.6. The van der Waals surface area contributed by atoms with E-state index < -0.39 is 10.0 Å². The molecular weight excluding hydrogens is 374 g/mol. The molecule has 2 aliphatic rings. The van der Waals surface area contributed by atoms with Gasteiger partial charge in [0.1, 0.15) is 6.61 Å². The Morgan fingerprint density at radius 3 is 2.79 bits per heavy atom. The summed E-state index contributed by atoms with van der Waals surface area (Å²) in [6, 6.07) is 7.57. The summed E-state index contributed by atoms with van der Waals surface area (Å²) in [6.45, 7) is 1.38. The van der Waals surface area contributed by atoms with Gasteiger partial charge >= 0.3 is 0 Å². The second-order valence-corrected chi connectivity index (χ2v) is 9.61. The monoisotopic (exact) mass is 401 g/mol. The molecule has 2 heterocycles. The average molecular weight is 402 g/mol. The fraction of sp³-hybridized carbons (Fsp3) is 0.524. The summed E-state index contributed by atoms with van der Waals surface area (Å²) in [4.78, 5) is 9.22. The van der Waals surface area contributed by atoms with Crippen LogP contribution in [-0.2, 0) is 34.2 Å².